The molecule has 1 unspecified atom stereocenters. The second kappa shape index (κ2) is 4.41. The van der Waals surface area contributed by atoms with E-state index in [1.165, 1.54) is 4.90 Å². The summed E-state index contributed by atoms with van der Waals surface area (Å²) in [4.78, 5) is 24.4. The SMILES string of the molecule is CC(C(=O)N(C)C(C)(C)C(=O)O)C1CNC1. The van der Waals surface area contributed by atoms with Crippen molar-refractivity contribution in [3.05, 3.63) is 0 Å². The predicted octanol–water partition coefficient (Wildman–Crippen LogP) is 0.164. The Morgan fingerprint density at radius 3 is 2.25 bits per heavy atom. The van der Waals surface area contributed by atoms with Gasteiger partial charge in [-0.15, -0.1) is 0 Å². The molecule has 0 saturated carbocycles. The highest BCUT2D eigenvalue weighted by Crippen LogP contribution is 2.22. The number of nitrogens with zero attached hydrogens (tertiary/aromatic N) is 1. The highest BCUT2D eigenvalue weighted by molar-refractivity contribution is 5.87. The Kier molecular flexibility index (Phi) is 3.57. The van der Waals surface area contributed by atoms with Gasteiger partial charge < -0.3 is 15.3 Å². The fraction of sp³-hybridized carbons (Fsp3) is 0.818. The van der Waals surface area contributed by atoms with Gasteiger partial charge in [-0.25, -0.2) is 4.79 Å². The first-order valence-electron chi connectivity index (χ1n) is 5.50. The number of carbonyl (C=O) groups excluding carboxylic acids is 1. The fourth-order valence-electron chi connectivity index (χ4n) is 1.59. The van der Waals surface area contributed by atoms with Crippen LogP contribution >= 0.6 is 0 Å². The van der Waals surface area contributed by atoms with Crippen LogP contribution < -0.4 is 5.32 Å². The Morgan fingerprint density at radius 1 is 1.44 bits per heavy atom. The molecule has 0 aromatic carbocycles. The van der Waals surface area contributed by atoms with Crippen molar-refractivity contribution in [3.63, 3.8) is 0 Å². The van der Waals surface area contributed by atoms with Gasteiger partial charge in [0.15, 0.2) is 0 Å². The van der Waals surface area contributed by atoms with Crippen LogP contribution in [0.3, 0.4) is 0 Å². The van der Waals surface area contributed by atoms with Gasteiger partial charge in [-0.05, 0) is 32.9 Å². The molecule has 2 N–H and O–H groups in total. The van der Waals surface area contributed by atoms with Gasteiger partial charge in [0.05, 0.1) is 0 Å². The molecule has 0 aromatic heterocycles. The molecular formula is C11H20N2O3. The summed E-state index contributed by atoms with van der Waals surface area (Å²) in [5, 5.41) is 12.2. The van der Waals surface area contributed by atoms with E-state index in [4.69, 9.17) is 5.11 Å². The van der Waals surface area contributed by atoms with Crippen LogP contribution in [0.15, 0.2) is 0 Å². The third-order valence-electron chi connectivity index (χ3n) is 3.60. The molecule has 1 atom stereocenters. The number of carboxylic acids is 1. The van der Waals surface area contributed by atoms with Crippen molar-refractivity contribution in [1.82, 2.24) is 10.2 Å². The van der Waals surface area contributed by atoms with Crippen molar-refractivity contribution < 1.29 is 14.7 Å². The number of likely N-dealkylation sites (N-methyl/N-ethyl adjacent to an activating group) is 1. The van der Waals surface area contributed by atoms with E-state index in [0.717, 1.165) is 13.1 Å². The molecule has 92 valence electrons. The van der Waals surface area contributed by atoms with Gasteiger partial charge in [-0.2, -0.15) is 0 Å². The molecule has 5 nitrogen and oxygen atoms in total. The average molecular weight is 228 g/mol. The monoisotopic (exact) mass is 228 g/mol. The van der Waals surface area contributed by atoms with Crippen LogP contribution in [-0.2, 0) is 9.59 Å². The molecule has 0 radical (unpaired) electrons. The molecule has 1 amide bonds. The van der Waals surface area contributed by atoms with Gasteiger partial charge in [0.25, 0.3) is 0 Å². The van der Waals surface area contributed by atoms with Crippen LogP contribution in [0.25, 0.3) is 0 Å². The lowest BCUT2D eigenvalue weighted by Gasteiger charge is -2.38. The molecular weight excluding hydrogens is 208 g/mol. The Labute approximate surface area is 95.8 Å². The van der Waals surface area contributed by atoms with E-state index in [1.54, 1.807) is 20.9 Å². The highest BCUT2D eigenvalue weighted by atomic mass is 16.4. The molecule has 1 aliphatic heterocycles. The molecule has 0 bridgehead atoms. The average Bonchev–Trinajstić information content (AvgIpc) is 2.12. The van der Waals surface area contributed by atoms with E-state index in [9.17, 15) is 9.59 Å². The normalized spacial score (nSPS) is 18.8. The van der Waals surface area contributed by atoms with Crippen molar-refractivity contribution in [3.8, 4) is 0 Å². The number of rotatable bonds is 4. The maximum atomic E-state index is 12.1. The van der Waals surface area contributed by atoms with Crippen LogP contribution in [0, 0.1) is 11.8 Å². The van der Waals surface area contributed by atoms with Crippen molar-refractivity contribution in [2.45, 2.75) is 26.3 Å². The molecule has 0 aromatic rings. The third kappa shape index (κ3) is 2.19. The minimum Gasteiger partial charge on any atom is -0.480 e. The number of amides is 1. The van der Waals surface area contributed by atoms with Gasteiger partial charge in [-0.1, -0.05) is 6.92 Å². The maximum Gasteiger partial charge on any atom is 0.329 e. The first-order chi connectivity index (χ1) is 7.28. The summed E-state index contributed by atoms with van der Waals surface area (Å²) >= 11 is 0. The van der Waals surface area contributed by atoms with Crippen molar-refractivity contribution >= 4 is 11.9 Å². The summed E-state index contributed by atoms with van der Waals surface area (Å²) in [7, 11) is 1.55. The Balaban J connectivity index is 2.69. The van der Waals surface area contributed by atoms with E-state index in [-0.39, 0.29) is 11.8 Å². The standard InChI is InChI=1S/C11H20N2O3/c1-7(8-5-12-6-8)9(14)13(4)11(2,3)10(15)16/h7-8,12H,5-6H2,1-4H3,(H,15,16). The van der Waals surface area contributed by atoms with Crippen molar-refractivity contribution in [2.24, 2.45) is 11.8 Å². The molecule has 1 rings (SSSR count). The van der Waals surface area contributed by atoms with Crippen molar-refractivity contribution in [1.29, 1.82) is 0 Å². The van der Waals surface area contributed by atoms with Crippen LogP contribution in [0.4, 0.5) is 0 Å². The van der Waals surface area contributed by atoms with E-state index >= 15 is 0 Å². The summed E-state index contributed by atoms with van der Waals surface area (Å²) in [6.07, 6.45) is 0. The Morgan fingerprint density at radius 2 is 1.94 bits per heavy atom. The Hall–Kier alpha value is -1.10. The number of hydrogen-bond donors (Lipinski definition) is 2. The van der Waals surface area contributed by atoms with Crippen LogP contribution in [-0.4, -0.2) is 47.6 Å². The lowest BCUT2D eigenvalue weighted by Crippen LogP contribution is -2.56. The zero-order valence-electron chi connectivity index (χ0n) is 10.3. The molecule has 1 saturated heterocycles. The summed E-state index contributed by atoms with van der Waals surface area (Å²) in [6, 6.07) is 0. The van der Waals surface area contributed by atoms with Crippen molar-refractivity contribution in [2.75, 3.05) is 20.1 Å². The van der Waals surface area contributed by atoms with E-state index in [2.05, 4.69) is 5.32 Å². The van der Waals surface area contributed by atoms with Crippen LogP contribution in [0.5, 0.6) is 0 Å². The van der Waals surface area contributed by atoms with Gasteiger partial charge in [-0.3, -0.25) is 4.79 Å². The predicted molar refractivity (Wildman–Crippen MR) is 60.0 cm³/mol. The number of carbonyl (C=O) groups is 2. The zero-order valence-corrected chi connectivity index (χ0v) is 10.3. The van der Waals surface area contributed by atoms with Gasteiger partial charge in [0.2, 0.25) is 5.91 Å². The largest absolute Gasteiger partial charge is 0.480 e. The van der Waals surface area contributed by atoms with E-state index < -0.39 is 11.5 Å². The summed E-state index contributed by atoms with van der Waals surface area (Å²) in [5.74, 6) is -0.870. The van der Waals surface area contributed by atoms with Crippen LogP contribution in [0.2, 0.25) is 0 Å². The van der Waals surface area contributed by atoms with E-state index in [1.807, 2.05) is 6.92 Å². The molecule has 1 aliphatic rings. The van der Waals surface area contributed by atoms with E-state index in [0.29, 0.717) is 5.92 Å². The maximum absolute atomic E-state index is 12.1. The molecule has 0 aliphatic carbocycles. The third-order valence-corrected chi connectivity index (χ3v) is 3.60. The fourth-order valence-corrected chi connectivity index (χ4v) is 1.59. The smallest absolute Gasteiger partial charge is 0.329 e. The highest BCUT2D eigenvalue weighted by Gasteiger charge is 2.39. The molecule has 0 spiro atoms. The molecule has 16 heavy (non-hydrogen) atoms. The minimum atomic E-state index is -1.15. The molecule has 5 heteroatoms. The number of carboxylic acid groups (broad SMARTS) is 1. The molecule has 1 heterocycles. The summed E-state index contributed by atoms with van der Waals surface area (Å²) in [5.41, 5.74) is -1.15. The number of nitrogens with one attached hydrogen (secondary N) is 1. The molecule has 1 fully saturated rings. The first-order valence-corrected chi connectivity index (χ1v) is 5.50. The second-order valence-corrected chi connectivity index (χ2v) is 4.97. The Bertz CT molecular complexity index is 298. The second-order valence-electron chi connectivity index (χ2n) is 4.97. The lowest BCUT2D eigenvalue weighted by molar-refractivity contribution is -0.157. The van der Waals surface area contributed by atoms with Gasteiger partial charge in [0, 0.05) is 13.0 Å². The number of aliphatic carboxylic acids is 1. The minimum absolute atomic E-state index is 0.0982. The number of hydrogen-bond acceptors (Lipinski definition) is 3. The first kappa shape index (κ1) is 13.0. The van der Waals surface area contributed by atoms with Crippen LogP contribution in [0.1, 0.15) is 20.8 Å². The van der Waals surface area contributed by atoms with Gasteiger partial charge in [0.1, 0.15) is 5.54 Å². The zero-order chi connectivity index (χ0) is 12.5. The summed E-state index contributed by atoms with van der Waals surface area (Å²) in [6.45, 7) is 6.63. The summed E-state index contributed by atoms with van der Waals surface area (Å²) < 4.78 is 0. The van der Waals surface area contributed by atoms with Gasteiger partial charge >= 0.3 is 5.97 Å². The lowest BCUT2D eigenvalue weighted by atomic mass is 9.87. The topological polar surface area (TPSA) is 69.6 Å². The quantitative estimate of drug-likeness (QED) is 0.719.